The summed E-state index contributed by atoms with van der Waals surface area (Å²) in [6, 6.07) is 15.2. The molecule has 8 nitrogen and oxygen atoms in total. The van der Waals surface area contributed by atoms with Gasteiger partial charge in [-0.15, -0.1) is 0 Å². The normalized spacial score (nSPS) is 23.0. The van der Waals surface area contributed by atoms with E-state index in [1.54, 1.807) is 0 Å². The largest absolute Gasteiger partial charge is 0.486 e. The molecule has 8 heteroatoms. The first-order chi connectivity index (χ1) is 16.3. The zero-order chi connectivity index (χ0) is 21.8. The van der Waals surface area contributed by atoms with E-state index >= 15 is 0 Å². The van der Waals surface area contributed by atoms with Crippen LogP contribution in [0.25, 0.3) is 11.0 Å². The van der Waals surface area contributed by atoms with Crippen molar-refractivity contribution in [2.24, 2.45) is 4.99 Å². The Bertz CT molecular complexity index is 1230. The molecule has 7 rings (SSSR count). The average Bonchev–Trinajstić information content (AvgIpc) is 3.28. The number of anilines is 1. The highest BCUT2D eigenvalue weighted by Crippen LogP contribution is 2.38. The van der Waals surface area contributed by atoms with Crippen LogP contribution in [0.3, 0.4) is 0 Å². The van der Waals surface area contributed by atoms with Crippen LogP contribution in [-0.2, 0) is 0 Å². The molecule has 1 unspecified atom stereocenters. The van der Waals surface area contributed by atoms with Gasteiger partial charge in [0.25, 0.3) is 0 Å². The van der Waals surface area contributed by atoms with Crippen molar-refractivity contribution in [1.29, 1.82) is 0 Å². The highest BCUT2D eigenvalue weighted by molar-refractivity contribution is 5.98. The fourth-order valence-electron chi connectivity index (χ4n) is 5.62. The Balaban J connectivity index is 1.32. The second kappa shape index (κ2) is 7.66. The Morgan fingerprint density at radius 3 is 2.70 bits per heavy atom. The Kier molecular flexibility index (Phi) is 4.46. The van der Waals surface area contributed by atoms with Gasteiger partial charge in [0.15, 0.2) is 11.5 Å². The number of fused-ring (bicyclic) bond motifs is 6. The van der Waals surface area contributed by atoms with Crippen LogP contribution in [0.4, 0.5) is 5.95 Å². The van der Waals surface area contributed by atoms with E-state index in [0.717, 1.165) is 53.3 Å². The highest BCUT2D eigenvalue weighted by atomic mass is 16.6. The molecule has 1 atom stereocenters. The van der Waals surface area contributed by atoms with Gasteiger partial charge in [0.2, 0.25) is 11.9 Å². The lowest BCUT2D eigenvalue weighted by Gasteiger charge is -2.44. The average molecular weight is 445 g/mol. The van der Waals surface area contributed by atoms with Crippen LogP contribution >= 0.6 is 0 Å². The first-order valence-corrected chi connectivity index (χ1v) is 12.0. The number of hydrogen-bond acceptors (Lipinski definition) is 7. The van der Waals surface area contributed by atoms with Gasteiger partial charge in [0.1, 0.15) is 19.4 Å². The number of aliphatic imine (C=N–C) groups is 1. The van der Waals surface area contributed by atoms with E-state index in [1.807, 2.05) is 12.1 Å². The van der Waals surface area contributed by atoms with Crippen molar-refractivity contribution < 1.29 is 9.47 Å². The van der Waals surface area contributed by atoms with Gasteiger partial charge in [0, 0.05) is 6.04 Å². The van der Waals surface area contributed by atoms with Gasteiger partial charge in [0.05, 0.1) is 24.4 Å². The van der Waals surface area contributed by atoms with E-state index < -0.39 is 0 Å². The van der Waals surface area contributed by atoms with Crippen LogP contribution in [-0.4, -0.2) is 53.0 Å². The van der Waals surface area contributed by atoms with Crippen molar-refractivity contribution in [3.63, 3.8) is 0 Å². The van der Waals surface area contributed by atoms with Crippen molar-refractivity contribution in [1.82, 2.24) is 19.8 Å². The van der Waals surface area contributed by atoms with Gasteiger partial charge in [-0.3, -0.25) is 14.4 Å². The zero-order valence-electron chi connectivity index (χ0n) is 18.6. The van der Waals surface area contributed by atoms with Crippen molar-refractivity contribution in [3.05, 3.63) is 48.0 Å². The minimum atomic E-state index is -0.126. The predicted octanol–water partition coefficient (Wildman–Crippen LogP) is 3.68. The summed E-state index contributed by atoms with van der Waals surface area (Å²) in [5.41, 5.74) is 3.20. The topological polar surface area (TPSA) is 67.2 Å². The molecule has 4 heterocycles. The van der Waals surface area contributed by atoms with Gasteiger partial charge in [-0.05, 0) is 42.7 Å². The van der Waals surface area contributed by atoms with Crippen LogP contribution in [0.2, 0.25) is 0 Å². The molecule has 33 heavy (non-hydrogen) atoms. The third-order valence-electron chi connectivity index (χ3n) is 7.30. The summed E-state index contributed by atoms with van der Waals surface area (Å²) in [7, 11) is 0. The Morgan fingerprint density at radius 2 is 1.79 bits per heavy atom. The van der Waals surface area contributed by atoms with E-state index in [0.29, 0.717) is 19.3 Å². The summed E-state index contributed by atoms with van der Waals surface area (Å²) >= 11 is 0. The highest BCUT2D eigenvalue weighted by Gasteiger charge is 2.37. The minimum absolute atomic E-state index is 0.126. The number of aromatic nitrogens is 2. The fraction of sp³-hybridized carbons (Fsp3) is 0.440. The molecule has 170 valence electrons. The van der Waals surface area contributed by atoms with Crippen molar-refractivity contribution in [3.8, 4) is 11.5 Å². The van der Waals surface area contributed by atoms with Crippen LogP contribution in [0.1, 0.15) is 43.8 Å². The van der Waals surface area contributed by atoms with Crippen LogP contribution in [0, 0.1) is 0 Å². The Labute approximate surface area is 192 Å². The monoisotopic (exact) mass is 444 g/mol. The number of ether oxygens (including phenoxy) is 2. The molecule has 0 saturated heterocycles. The van der Waals surface area contributed by atoms with E-state index in [-0.39, 0.29) is 6.17 Å². The molecule has 0 radical (unpaired) electrons. The molecule has 1 saturated carbocycles. The lowest BCUT2D eigenvalue weighted by molar-refractivity contribution is 0.156. The molecule has 4 aliphatic rings. The lowest BCUT2D eigenvalue weighted by Crippen LogP contribution is -2.59. The molecule has 1 aromatic heterocycles. The number of benzene rings is 2. The maximum atomic E-state index is 5.87. The smallest absolute Gasteiger partial charge is 0.216 e. The number of rotatable bonds is 2. The SMILES string of the molecule is c1ccc2c(c1)nc1n2C(c2ccc3c(c2)OCCO3)NC2=NCN(C3CCCCC3)CN21. The van der Waals surface area contributed by atoms with Gasteiger partial charge in [-0.1, -0.05) is 37.5 Å². The molecule has 1 fully saturated rings. The predicted molar refractivity (Wildman–Crippen MR) is 127 cm³/mol. The van der Waals surface area contributed by atoms with Crippen LogP contribution < -0.4 is 19.7 Å². The molecule has 0 bridgehead atoms. The number of hydrogen-bond donors (Lipinski definition) is 1. The molecule has 2 aromatic carbocycles. The van der Waals surface area contributed by atoms with Gasteiger partial charge >= 0.3 is 0 Å². The fourth-order valence-corrected chi connectivity index (χ4v) is 5.62. The molecule has 3 aliphatic heterocycles. The van der Waals surface area contributed by atoms with Gasteiger partial charge < -0.3 is 14.8 Å². The molecule has 1 N–H and O–H groups in total. The van der Waals surface area contributed by atoms with E-state index in [9.17, 15) is 0 Å². The second-order valence-corrected chi connectivity index (χ2v) is 9.29. The number of guanidine groups is 1. The summed E-state index contributed by atoms with van der Waals surface area (Å²) < 4.78 is 13.9. The van der Waals surface area contributed by atoms with Crippen LogP contribution in [0.15, 0.2) is 47.5 Å². The van der Waals surface area contributed by atoms with E-state index in [2.05, 4.69) is 50.0 Å². The molecule has 3 aromatic rings. The Morgan fingerprint density at radius 1 is 0.939 bits per heavy atom. The van der Waals surface area contributed by atoms with Crippen molar-refractivity contribution in [2.75, 3.05) is 31.5 Å². The molecule has 1 aliphatic carbocycles. The first kappa shape index (κ1) is 19.2. The van der Waals surface area contributed by atoms with Crippen LogP contribution in [0.5, 0.6) is 11.5 Å². The zero-order valence-corrected chi connectivity index (χ0v) is 18.6. The Hall–Kier alpha value is -3.26. The quantitative estimate of drug-likeness (QED) is 0.650. The van der Waals surface area contributed by atoms with Crippen molar-refractivity contribution >= 4 is 22.9 Å². The maximum Gasteiger partial charge on any atom is 0.216 e. The molecular weight excluding hydrogens is 416 g/mol. The molecule has 0 amide bonds. The standard InChI is InChI=1S/C25H28N6O2/c1-2-6-18(7-3-1)29-15-26-24-28-23(17-10-11-21-22(14-17)33-13-12-32-21)31-20-9-5-4-8-19(20)27-25(31)30(24)16-29/h4-5,8-11,14,18,23H,1-3,6-7,12-13,15-16H2,(H,26,28). The summed E-state index contributed by atoms with van der Waals surface area (Å²) in [6.45, 7) is 2.71. The summed E-state index contributed by atoms with van der Waals surface area (Å²) in [5, 5.41) is 3.71. The minimum Gasteiger partial charge on any atom is -0.486 e. The van der Waals surface area contributed by atoms with Gasteiger partial charge in [-0.2, -0.15) is 0 Å². The number of nitrogens with one attached hydrogen (secondary N) is 1. The molecule has 0 spiro atoms. The summed E-state index contributed by atoms with van der Waals surface area (Å²) in [5.74, 6) is 3.43. The van der Waals surface area contributed by atoms with Gasteiger partial charge in [-0.25, -0.2) is 9.98 Å². The van der Waals surface area contributed by atoms with E-state index in [1.165, 1.54) is 32.1 Å². The second-order valence-electron chi connectivity index (χ2n) is 9.29. The maximum absolute atomic E-state index is 5.87. The van der Waals surface area contributed by atoms with Crippen molar-refractivity contribution in [2.45, 2.75) is 44.3 Å². The summed E-state index contributed by atoms with van der Waals surface area (Å²) in [6.07, 6.45) is 6.41. The number of nitrogens with zero attached hydrogens (tertiary/aromatic N) is 5. The molecular formula is C25H28N6O2. The third-order valence-corrected chi connectivity index (χ3v) is 7.30. The first-order valence-electron chi connectivity index (χ1n) is 12.0. The number of imidazole rings is 1. The third kappa shape index (κ3) is 3.15. The summed E-state index contributed by atoms with van der Waals surface area (Å²) in [4.78, 5) is 14.8. The van der Waals surface area contributed by atoms with E-state index in [4.69, 9.17) is 19.5 Å². The lowest BCUT2D eigenvalue weighted by atomic mass is 9.94. The number of para-hydroxylation sites is 2.